The third-order valence-corrected chi connectivity index (χ3v) is 8.64. The van der Waals surface area contributed by atoms with Crippen LogP contribution in [0.4, 0.5) is 15.8 Å². The molecule has 3 fully saturated rings. The zero-order valence-corrected chi connectivity index (χ0v) is 22.9. The number of hydrogen-bond donors (Lipinski definition) is 1. The number of fused-ring (bicyclic) bond motifs is 1. The van der Waals surface area contributed by atoms with E-state index in [1.165, 1.54) is 29.9 Å². The van der Waals surface area contributed by atoms with E-state index in [9.17, 15) is 14.3 Å². The molecule has 0 bridgehead atoms. The molecule has 9 heteroatoms. The van der Waals surface area contributed by atoms with Crippen LogP contribution in [0.1, 0.15) is 19.8 Å². The van der Waals surface area contributed by atoms with Gasteiger partial charge in [0.05, 0.1) is 28.1 Å². The standard InChI is InChI=1S/C30H31ClFN5O2/c1-30-17-36(16-22-5-7-28(30)37(22)30)23-10-20(14-33-15-23)25-13-21(32)12-24(29(25)39)19-4-6-27(26(31)11-19)35(18-38)9-8-34(2)3/h4,6,8-15,18,22,28,39H,5,7,16-17H2,1-3H3/b9-8-. The molecule has 4 heterocycles. The normalized spacial score (nSPS) is 25.1. The van der Waals surface area contributed by atoms with Crippen LogP contribution >= 0.6 is 11.6 Å². The van der Waals surface area contributed by atoms with Gasteiger partial charge in [-0.1, -0.05) is 17.7 Å². The lowest BCUT2D eigenvalue weighted by Gasteiger charge is -2.38. The first kappa shape index (κ1) is 25.6. The molecule has 0 aliphatic carbocycles. The monoisotopic (exact) mass is 547 g/mol. The maximum absolute atomic E-state index is 14.9. The Balaban J connectivity index is 1.32. The van der Waals surface area contributed by atoms with Crippen molar-refractivity contribution in [2.75, 3.05) is 37.0 Å². The van der Waals surface area contributed by atoms with Gasteiger partial charge in [-0.15, -0.1) is 0 Å². The fourth-order valence-electron chi connectivity index (χ4n) is 6.46. The number of benzene rings is 2. The third kappa shape index (κ3) is 4.41. The molecule has 39 heavy (non-hydrogen) atoms. The van der Waals surface area contributed by atoms with Crippen molar-refractivity contribution in [3.05, 3.63) is 72.0 Å². The zero-order valence-electron chi connectivity index (χ0n) is 22.2. The highest BCUT2D eigenvalue weighted by Gasteiger charge is 2.67. The second-order valence-corrected chi connectivity index (χ2v) is 11.5. The van der Waals surface area contributed by atoms with Crippen LogP contribution in [0.5, 0.6) is 5.75 Å². The van der Waals surface area contributed by atoms with Crippen molar-refractivity contribution in [3.63, 3.8) is 0 Å². The number of nitrogens with zero attached hydrogens (tertiary/aromatic N) is 5. The summed E-state index contributed by atoms with van der Waals surface area (Å²) in [6, 6.07) is 10.8. The second-order valence-electron chi connectivity index (χ2n) is 11.1. The molecular formula is C30H31ClFN5O2. The van der Waals surface area contributed by atoms with E-state index in [1.54, 1.807) is 41.7 Å². The largest absolute Gasteiger partial charge is 0.507 e. The first-order chi connectivity index (χ1) is 18.7. The minimum absolute atomic E-state index is 0.0584. The molecule has 0 saturated carbocycles. The van der Waals surface area contributed by atoms with Crippen LogP contribution in [0.2, 0.25) is 5.02 Å². The first-order valence-corrected chi connectivity index (χ1v) is 13.5. The van der Waals surface area contributed by atoms with Gasteiger partial charge in [-0.05, 0) is 55.7 Å². The molecule has 3 aromatic rings. The maximum atomic E-state index is 14.9. The number of piperidine rings is 1. The number of pyridine rings is 1. The van der Waals surface area contributed by atoms with Gasteiger partial charge in [-0.3, -0.25) is 19.6 Å². The number of amides is 1. The van der Waals surface area contributed by atoms with Crippen molar-refractivity contribution in [3.8, 4) is 28.0 Å². The molecule has 4 unspecified atom stereocenters. The van der Waals surface area contributed by atoms with Crippen LogP contribution < -0.4 is 9.80 Å². The molecule has 2 aromatic carbocycles. The molecule has 202 valence electrons. The van der Waals surface area contributed by atoms with Crippen molar-refractivity contribution >= 4 is 29.4 Å². The van der Waals surface area contributed by atoms with E-state index < -0.39 is 5.82 Å². The lowest BCUT2D eigenvalue weighted by molar-refractivity contribution is -0.106. The van der Waals surface area contributed by atoms with Gasteiger partial charge in [0.1, 0.15) is 11.6 Å². The SMILES string of the molecule is CN(C)/C=C\N(C=O)c1ccc(-c2cc(F)cc(-c3cncc(N4CC5CCC6N5C6(C)C4)c3)c2O)cc1Cl. The van der Waals surface area contributed by atoms with Crippen LogP contribution in [-0.4, -0.2) is 71.1 Å². The molecule has 1 N–H and O–H groups in total. The molecule has 0 radical (unpaired) electrons. The minimum atomic E-state index is -0.483. The summed E-state index contributed by atoms with van der Waals surface area (Å²) >= 11 is 6.53. The molecule has 0 spiro atoms. The lowest BCUT2D eigenvalue weighted by atomic mass is 9.95. The highest BCUT2D eigenvalue weighted by molar-refractivity contribution is 6.34. The molecule has 1 amide bonds. The van der Waals surface area contributed by atoms with Crippen molar-refractivity contribution in [1.29, 1.82) is 0 Å². The number of hydrogen-bond acceptors (Lipinski definition) is 6. The number of phenolic OH excluding ortho intramolecular Hbond substituents is 1. The Morgan fingerprint density at radius 3 is 2.56 bits per heavy atom. The van der Waals surface area contributed by atoms with E-state index in [-0.39, 0.29) is 11.3 Å². The Morgan fingerprint density at radius 1 is 1.10 bits per heavy atom. The fourth-order valence-corrected chi connectivity index (χ4v) is 6.74. The van der Waals surface area contributed by atoms with Gasteiger partial charge in [0.2, 0.25) is 6.41 Å². The van der Waals surface area contributed by atoms with Crippen molar-refractivity contribution in [2.45, 2.75) is 37.4 Å². The fraction of sp³-hybridized carbons (Fsp3) is 0.333. The molecule has 6 rings (SSSR count). The summed E-state index contributed by atoms with van der Waals surface area (Å²) in [6.07, 6.45) is 9.97. The Bertz CT molecular complexity index is 1480. The molecular weight excluding hydrogens is 517 g/mol. The number of carbonyl (C=O) groups excluding carboxylic acids is 1. The summed E-state index contributed by atoms with van der Waals surface area (Å²) in [7, 11) is 3.69. The number of phenols is 1. The average Bonchev–Trinajstić information content (AvgIpc) is 3.25. The summed E-state index contributed by atoms with van der Waals surface area (Å²) in [4.78, 5) is 24.3. The predicted molar refractivity (Wildman–Crippen MR) is 152 cm³/mol. The summed E-state index contributed by atoms with van der Waals surface area (Å²) in [5.74, 6) is -0.541. The Labute approximate surface area is 232 Å². The molecule has 4 atom stereocenters. The van der Waals surface area contributed by atoms with E-state index in [1.807, 2.05) is 26.4 Å². The van der Waals surface area contributed by atoms with Gasteiger partial charge in [-0.25, -0.2) is 4.39 Å². The number of halogens is 2. The van der Waals surface area contributed by atoms with E-state index in [0.29, 0.717) is 51.5 Å². The smallest absolute Gasteiger partial charge is 0.218 e. The maximum Gasteiger partial charge on any atom is 0.218 e. The Hall–Kier alpha value is -3.62. The van der Waals surface area contributed by atoms with Gasteiger partial charge in [0, 0.05) is 74.6 Å². The molecule has 1 aromatic heterocycles. The molecule has 3 saturated heterocycles. The van der Waals surface area contributed by atoms with Crippen LogP contribution in [0, 0.1) is 5.82 Å². The number of anilines is 2. The Kier molecular flexibility index (Phi) is 6.27. The highest BCUT2D eigenvalue weighted by Crippen LogP contribution is 2.55. The lowest BCUT2D eigenvalue weighted by Crippen LogP contribution is -2.50. The van der Waals surface area contributed by atoms with E-state index in [0.717, 1.165) is 18.8 Å². The van der Waals surface area contributed by atoms with Crippen LogP contribution in [0.15, 0.2) is 61.2 Å². The molecule has 3 aliphatic heterocycles. The van der Waals surface area contributed by atoms with E-state index >= 15 is 0 Å². The van der Waals surface area contributed by atoms with Gasteiger partial charge < -0.3 is 14.9 Å². The van der Waals surface area contributed by atoms with Gasteiger partial charge in [0.25, 0.3) is 0 Å². The van der Waals surface area contributed by atoms with Crippen LogP contribution in [-0.2, 0) is 4.79 Å². The van der Waals surface area contributed by atoms with Crippen molar-refractivity contribution < 1.29 is 14.3 Å². The number of aromatic nitrogens is 1. The summed E-state index contributed by atoms with van der Waals surface area (Å²) in [5, 5.41) is 11.6. The highest BCUT2D eigenvalue weighted by atomic mass is 35.5. The van der Waals surface area contributed by atoms with E-state index in [2.05, 4.69) is 21.7 Å². The predicted octanol–water partition coefficient (Wildman–Crippen LogP) is 5.33. The third-order valence-electron chi connectivity index (χ3n) is 8.34. The summed E-state index contributed by atoms with van der Waals surface area (Å²) in [5.41, 5.74) is 3.51. The zero-order chi connectivity index (χ0) is 27.5. The molecule has 7 nitrogen and oxygen atoms in total. The first-order valence-electron chi connectivity index (χ1n) is 13.1. The average molecular weight is 548 g/mol. The van der Waals surface area contributed by atoms with Gasteiger partial charge in [-0.2, -0.15) is 0 Å². The van der Waals surface area contributed by atoms with Gasteiger partial charge in [0.15, 0.2) is 0 Å². The quantitative estimate of drug-likeness (QED) is 0.318. The van der Waals surface area contributed by atoms with Crippen molar-refractivity contribution in [2.24, 2.45) is 0 Å². The number of piperazine rings is 1. The van der Waals surface area contributed by atoms with Crippen LogP contribution in [0.3, 0.4) is 0 Å². The summed E-state index contributed by atoms with van der Waals surface area (Å²) < 4.78 is 14.9. The van der Waals surface area contributed by atoms with Gasteiger partial charge >= 0.3 is 0 Å². The Morgan fingerprint density at radius 2 is 1.87 bits per heavy atom. The van der Waals surface area contributed by atoms with E-state index in [4.69, 9.17) is 11.6 Å². The summed E-state index contributed by atoms with van der Waals surface area (Å²) in [6.45, 7) is 4.22. The number of aromatic hydroxyl groups is 1. The number of rotatable bonds is 7. The second kappa shape index (κ2) is 9.54. The number of carbonyl (C=O) groups is 1. The minimum Gasteiger partial charge on any atom is -0.507 e. The topological polar surface area (TPSA) is 62.9 Å². The van der Waals surface area contributed by atoms with Crippen LogP contribution in [0.25, 0.3) is 22.3 Å². The van der Waals surface area contributed by atoms with Crippen molar-refractivity contribution in [1.82, 2.24) is 14.8 Å². The molecule has 3 aliphatic rings.